The van der Waals surface area contributed by atoms with Gasteiger partial charge in [-0.2, -0.15) is 4.98 Å². The van der Waals surface area contributed by atoms with Gasteiger partial charge < -0.3 is 9.84 Å². The van der Waals surface area contributed by atoms with Crippen LogP contribution in [-0.2, 0) is 11.2 Å². The van der Waals surface area contributed by atoms with Crippen molar-refractivity contribution in [3.8, 4) is 11.5 Å². The van der Waals surface area contributed by atoms with Crippen LogP contribution in [0.15, 0.2) is 52.1 Å². The lowest BCUT2D eigenvalue weighted by atomic mass is 10.1. The van der Waals surface area contributed by atoms with Gasteiger partial charge in [-0.3, -0.25) is 4.79 Å². The highest BCUT2D eigenvalue weighted by Crippen LogP contribution is 2.21. The second kappa shape index (κ2) is 7.94. The molecule has 0 aliphatic carbocycles. The Bertz CT molecular complexity index is 862. The van der Waals surface area contributed by atoms with Crippen molar-refractivity contribution < 1.29 is 9.32 Å². The molecular weight excluding hydrogens is 336 g/mol. The van der Waals surface area contributed by atoms with Crippen molar-refractivity contribution in [1.82, 2.24) is 15.1 Å². The fraction of sp³-hybridized carbons (Fsp3) is 0.222. The van der Waals surface area contributed by atoms with E-state index in [0.29, 0.717) is 17.5 Å². The van der Waals surface area contributed by atoms with E-state index < -0.39 is 0 Å². The van der Waals surface area contributed by atoms with Crippen LogP contribution in [0.25, 0.3) is 11.5 Å². The van der Waals surface area contributed by atoms with Crippen LogP contribution in [0.3, 0.4) is 0 Å². The van der Waals surface area contributed by atoms with Crippen LogP contribution < -0.4 is 5.32 Å². The first-order valence-electron chi connectivity index (χ1n) is 7.92. The molecule has 1 N–H and O–H groups in total. The fourth-order valence-corrected chi connectivity index (χ4v) is 2.85. The van der Waals surface area contributed by atoms with E-state index in [0.717, 1.165) is 22.7 Å². The highest BCUT2D eigenvalue weighted by atomic mass is 32.2. The molecule has 0 fully saturated rings. The van der Waals surface area contributed by atoms with Crippen molar-refractivity contribution >= 4 is 23.4 Å². The predicted octanol–water partition coefficient (Wildman–Crippen LogP) is 3.73. The Morgan fingerprint density at radius 3 is 2.84 bits per heavy atom. The number of nitrogens with one attached hydrogen (secondary N) is 1. The van der Waals surface area contributed by atoms with E-state index in [-0.39, 0.29) is 5.91 Å². The quantitative estimate of drug-likeness (QED) is 0.679. The maximum Gasteiger partial charge on any atom is 0.259 e. The van der Waals surface area contributed by atoms with Crippen molar-refractivity contribution in [2.75, 3.05) is 11.1 Å². The van der Waals surface area contributed by atoms with Crippen molar-refractivity contribution in [1.29, 1.82) is 0 Å². The number of rotatable bonds is 6. The molecule has 0 bridgehead atoms. The molecule has 0 saturated carbocycles. The number of carbonyl (C=O) groups excluding carboxylic acids is 1. The molecule has 128 valence electrons. The summed E-state index contributed by atoms with van der Waals surface area (Å²) in [7, 11) is 0. The van der Waals surface area contributed by atoms with E-state index in [4.69, 9.17) is 4.52 Å². The molecule has 3 aromatic rings. The van der Waals surface area contributed by atoms with Crippen molar-refractivity contribution in [3.63, 3.8) is 0 Å². The Morgan fingerprint density at radius 1 is 1.28 bits per heavy atom. The minimum absolute atomic E-state index is 0.0587. The van der Waals surface area contributed by atoms with Gasteiger partial charge in [-0.15, -0.1) is 0 Å². The average molecular weight is 354 g/mol. The number of hydrogen-bond acceptors (Lipinski definition) is 6. The second-order valence-electron chi connectivity index (χ2n) is 5.42. The number of aromatic nitrogens is 3. The molecule has 0 saturated heterocycles. The lowest BCUT2D eigenvalue weighted by Gasteiger charge is -2.06. The van der Waals surface area contributed by atoms with Crippen LogP contribution in [0.2, 0.25) is 0 Å². The summed E-state index contributed by atoms with van der Waals surface area (Å²) in [6.07, 6.45) is 2.60. The van der Waals surface area contributed by atoms with Crippen LogP contribution in [0.4, 0.5) is 5.69 Å². The number of carbonyl (C=O) groups is 1. The number of thioether (sulfide) groups is 1. The highest BCUT2D eigenvalue weighted by Gasteiger charge is 2.08. The molecule has 0 radical (unpaired) electrons. The number of benzene rings is 1. The van der Waals surface area contributed by atoms with Crippen LogP contribution in [0.1, 0.15) is 18.3 Å². The molecule has 0 spiro atoms. The summed E-state index contributed by atoms with van der Waals surface area (Å²) in [4.78, 5) is 20.6. The van der Waals surface area contributed by atoms with E-state index in [1.54, 1.807) is 13.1 Å². The Hall–Kier alpha value is -2.67. The van der Waals surface area contributed by atoms with Crippen LogP contribution in [0.5, 0.6) is 0 Å². The molecule has 1 aromatic carbocycles. The molecule has 7 heteroatoms. The highest BCUT2D eigenvalue weighted by molar-refractivity contribution is 7.99. The Labute approximate surface area is 150 Å². The topological polar surface area (TPSA) is 80.9 Å². The molecule has 2 heterocycles. The van der Waals surface area contributed by atoms with Gasteiger partial charge in [0.05, 0.1) is 16.3 Å². The number of nitrogens with zero attached hydrogens (tertiary/aromatic N) is 3. The molecule has 0 atom stereocenters. The van der Waals surface area contributed by atoms with E-state index in [1.165, 1.54) is 17.3 Å². The molecule has 0 aliphatic heterocycles. The van der Waals surface area contributed by atoms with Gasteiger partial charge in [-0.25, -0.2) is 4.98 Å². The third-order valence-electron chi connectivity index (χ3n) is 3.48. The molecule has 0 aliphatic rings. The lowest BCUT2D eigenvalue weighted by Crippen LogP contribution is -2.14. The monoisotopic (exact) mass is 354 g/mol. The Balaban J connectivity index is 1.55. The standard InChI is InChI=1S/C18H18N4O2S/c1-3-13-5-4-6-15(9-13)21-16(23)11-25-17-8-7-14(10-19-17)18-20-12(2)22-24-18/h4-10H,3,11H2,1-2H3,(H,21,23). The fourth-order valence-electron chi connectivity index (χ4n) is 2.21. The third-order valence-corrected chi connectivity index (χ3v) is 4.42. The largest absolute Gasteiger partial charge is 0.334 e. The average Bonchev–Trinajstić information content (AvgIpc) is 3.07. The summed E-state index contributed by atoms with van der Waals surface area (Å²) < 4.78 is 5.10. The zero-order valence-electron chi connectivity index (χ0n) is 14.0. The molecule has 3 rings (SSSR count). The van der Waals surface area contributed by atoms with Gasteiger partial charge in [0.1, 0.15) is 0 Å². The first-order valence-corrected chi connectivity index (χ1v) is 8.91. The van der Waals surface area contributed by atoms with Gasteiger partial charge in [0.15, 0.2) is 5.82 Å². The van der Waals surface area contributed by atoms with Gasteiger partial charge in [0, 0.05) is 11.9 Å². The maximum atomic E-state index is 12.1. The summed E-state index contributed by atoms with van der Waals surface area (Å²) in [5.74, 6) is 1.26. The van der Waals surface area contributed by atoms with Crippen LogP contribution >= 0.6 is 11.8 Å². The smallest absolute Gasteiger partial charge is 0.259 e. The summed E-state index contributed by atoms with van der Waals surface area (Å²) in [5, 5.41) is 7.42. The first kappa shape index (κ1) is 17.2. The van der Waals surface area contributed by atoms with Crippen molar-refractivity contribution in [3.05, 3.63) is 54.0 Å². The van der Waals surface area contributed by atoms with Gasteiger partial charge in [0.2, 0.25) is 5.91 Å². The number of aryl methyl sites for hydroxylation is 2. The third kappa shape index (κ3) is 4.67. The van der Waals surface area contributed by atoms with E-state index in [9.17, 15) is 4.79 Å². The van der Waals surface area contributed by atoms with Crippen LogP contribution in [0, 0.1) is 6.92 Å². The van der Waals surface area contributed by atoms with E-state index >= 15 is 0 Å². The Morgan fingerprint density at radius 2 is 2.16 bits per heavy atom. The molecule has 1 amide bonds. The molecule has 25 heavy (non-hydrogen) atoms. The second-order valence-corrected chi connectivity index (χ2v) is 6.42. The lowest BCUT2D eigenvalue weighted by molar-refractivity contribution is -0.113. The first-order chi connectivity index (χ1) is 12.1. The summed E-state index contributed by atoms with van der Waals surface area (Å²) in [6, 6.07) is 11.6. The molecule has 6 nitrogen and oxygen atoms in total. The SMILES string of the molecule is CCc1cccc(NC(=O)CSc2ccc(-c3nc(C)no3)cn2)c1. The minimum atomic E-state index is -0.0587. The van der Waals surface area contributed by atoms with E-state index in [1.807, 2.05) is 36.4 Å². The zero-order chi connectivity index (χ0) is 17.6. The van der Waals surface area contributed by atoms with Crippen molar-refractivity contribution in [2.45, 2.75) is 25.3 Å². The van der Waals surface area contributed by atoms with Gasteiger partial charge in [0.25, 0.3) is 5.89 Å². The molecule has 2 aromatic heterocycles. The van der Waals surface area contributed by atoms with Gasteiger partial charge in [-0.1, -0.05) is 36.0 Å². The van der Waals surface area contributed by atoms with Crippen molar-refractivity contribution in [2.24, 2.45) is 0 Å². The van der Waals surface area contributed by atoms with Gasteiger partial charge in [-0.05, 0) is 43.2 Å². The minimum Gasteiger partial charge on any atom is -0.334 e. The Kier molecular flexibility index (Phi) is 5.45. The number of amides is 1. The summed E-state index contributed by atoms with van der Waals surface area (Å²) >= 11 is 1.38. The summed E-state index contributed by atoms with van der Waals surface area (Å²) in [6.45, 7) is 3.85. The number of hydrogen-bond donors (Lipinski definition) is 1. The molecular formula is C18H18N4O2S. The number of pyridine rings is 1. The zero-order valence-corrected chi connectivity index (χ0v) is 14.8. The predicted molar refractivity (Wildman–Crippen MR) is 97.4 cm³/mol. The van der Waals surface area contributed by atoms with Crippen LogP contribution in [-0.4, -0.2) is 26.8 Å². The maximum absolute atomic E-state index is 12.1. The normalized spacial score (nSPS) is 10.6. The summed E-state index contributed by atoms with van der Waals surface area (Å²) in [5.41, 5.74) is 2.77. The van der Waals surface area contributed by atoms with Gasteiger partial charge >= 0.3 is 0 Å². The van der Waals surface area contributed by atoms with E-state index in [2.05, 4.69) is 27.4 Å². The molecule has 0 unspecified atom stereocenters. The number of anilines is 1.